The van der Waals surface area contributed by atoms with Crippen LogP contribution in [0.2, 0.25) is 0 Å². The van der Waals surface area contributed by atoms with E-state index in [4.69, 9.17) is 0 Å². The van der Waals surface area contributed by atoms with Gasteiger partial charge in [-0.25, -0.2) is 24.9 Å². The van der Waals surface area contributed by atoms with E-state index in [2.05, 4.69) is 39.9 Å². The Morgan fingerprint density at radius 3 is 2.06 bits per heavy atom. The van der Waals surface area contributed by atoms with Gasteiger partial charge < -0.3 is 19.5 Å². The molecule has 10 nitrogen and oxygen atoms in total. The van der Waals surface area contributed by atoms with Gasteiger partial charge in [0.25, 0.3) is 5.56 Å². The third-order valence-corrected chi connectivity index (χ3v) is 4.73. The van der Waals surface area contributed by atoms with E-state index in [1.54, 1.807) is 24.9 Å². The molecular formula is C21H21N9O. The Balaban J connectivity index is 0.000000112. The Morgan fingerprint density at radius 1 is 0.742 bits per heavy atom. The number of nitrogens with zero attached hydrogens (tertiary/aromatic N) is 6. The summed E-state index contributed by atoms with van der Waals surface area (Å²) < 4.78 is 2.03. The number of nitrogens with one attached hydrogen (secondary N) is 3. The zero-order valence-corrected chi connectivity index (χ0v) is 17.3. The highest BCUT2D eigenvalue weighted by Gasteiger charge is 2.01. The lowest BCUT2D eigenvalue weighted by Gasteiger charge is -1.97. The van der Waals surface area contributed by atoms with Crippen LogP contribution < -0.4 is 5.56 Å². The summed E-state index contributed by atoms with van der Waals surface area (Å²) in [6.45, 7) is 3.95. The number of aromatic nitrogens is 9. The molecule has 6 aromatic rings. The molecular weight excluding hydrogens is 394 g/mol. The number of H-pyrrole nitrogens is 3. The first-order chi connectivity index (χ1) is 15.0. The standard InChI is InChI=1S/C8H9N3.C7H7N3.C6H5N3O/c1-6-8-7(10-5-9-6)3-4-11(8)2;1-5-7-6(2-3-8-7)10-4-9-5;10-6-5-4(1-2-7-5)8-3-9-6/h3-5H,1-2H3;2-4,8H,1H3;1-3,7H,(H,8,9,10). The van der Waals surface area contributed by atoms with E-state index >= 15 is 0 Å². The number of aromatic amines is 3. The summed E-state index contributed by atoms with van der Waals surface area (Å²) in [6.07, 6.45) is 10.1. The van der Waals surface area contributed by atoms with Crippen molar-refractivity contribution in [3.05, 3.63) is 77.5 Å². The first-order valence-corrected chi connectivity index (χ1v) is 9.52. The number of rotatable bonds is 0. The van der Waals surface area contributed by atoms with Crippen LogP contribution in [0.4, 0.5) is 0 Å². The van der Waals surface area contributed by atoms with E-state index in [1.807, 2.05) is 50.0 Å². The number of fused-ring (bicyclic) bond motifs is 3. The van der Waals surface area contributed by atoms with Crippen molar-refractivity contribution >= 4 is 33.1 Å². The summed E-state index contributed by atoms with van der Waals surface area (Å²) in [5, 5.41) is 0. The summed E-state index contributed by atoms with van der Waals surface area (Å²) in [6, 6.07) is 5.68. The third-order valence-electron chi connectivity index (χ3n) is 4.73. The molecule has 0 amide bonds. The topological polar surface area (TPSA) is 134 Å². The smallest absolute Gasteiger partial charge is 0.275 e. The van der Waals surface area contributed by atoms with Gasteiger partial charge in [-0.15, -0.1) is 0 Å². The van der Waals surface area contributed by atoms with Crippen molar-refractivity contribution in [1.29, 1.82) is 0 Å². The van der Waals surface area contributed by atoms with Crippen molar-refractivity contribution in [2.45, 2.75) is 13.8 Å². The minimum Gasteiger partial charge on any atom is -0.358 e. The molecule has 6 aromatic heterocycles. The van der Waals surface area contributed by atoms with Crippen molar-refractivity contribution in [3.63, 3.8) is 0 Å². The van der Waals surface area contributed by atoms with Crippen molar-refractivity contribution in [2.75, 3.05) is 0 Å². The molecule has 0 unspecified atom stereocenters. The highest BCUT2D eigenvalue weighted by Crippen LogP contribution is 2.13. The Morgan fingerprint density at radius 2 is 1.39 bits per heavy atom. The van der Waals surface area contributed by atoms with Gasteiger partial charge >= 0.3 is 0 Å². The molecule has 0 fully saturated rings. The van der Waals surface area contributed by atoms with Crippen LogP contribution in [0.1, 0.15) is 11.4 Å². The molecule has 0 bridgehead atoms. The molecule has 0 radical (unpaired) electrons. The SMILES string of the molecule is Cc1ncnc2cc[nH]c12.Cc1ncnc2ccn(C)c12.O=c1[nH]cnc2cc[nH]c12. The fourth-order valence-corrected chi connectivity index (χ4v) is 3.18. The van der Waals surface area contributed by atoms with Crippen LogP contribution in [0, 0.1) is 13.8 Å². The Hall–Kier alpha value is -4.34. The summed E-state index contributed by atoms with van der Waals surface area (Å²) in [4.78, 5) is 39.5. The Bertz CT molecular complexity index is 1510. The molecule has 3 N–H and O–H groups in total. The monoisotopic (exact) mass is 415 g/mol. The van der Waals surface area contributed by atoms with Crippen molar-refractivity contribution in [2.24, 2.45) is 7.05 Å². The van der Waals surface area contributed by atoms with E-state index in [-0.39, 0.29) is 5.56 Å². The predicted octanol–water partition coefficient (Wildman–Crippen LogP) is 2.79. The average Bonchev–Trinajstić information content (AvgIpc) is 3.50. The molecule has 31 heavy (non-hydrogen) atoms. The van der Waals surface area contributed by atoms with E-state index < -0.39 is 0 Å². The lowest BCUT2D eigenvalue weighted by Crippen LogP contribution is -2.05. The van der Waals surface area contributed by atoms with Crippen LogP contribution in [0.3, 0.4) is 0 Å². The van der Waals surface area contributed by atoms with Crippen LogP contribution in [0.25, 0.3) is 33.1 Å². The molecule has 156 valence electrons. The largest absolute Gasteiger partial charge is 0.358 e. The molecule has 6 heterocycles. The zero-order chi connectivity index (χ0) is 21.8. The number of aryl methyl sites for hydroxylation is 3. The van der Waals surface area contributed by atoms with Crippen molar-refractivity contribution in [3.8, 4) is 0 Å². The van der Waals surface area contributed by atoms with Gasteiger partial charge in [-0.05, 0) is 32.0 Å². The zero-order valence-electron chi connectivity index (χ0n) is 17.3. The number of hydrogen-bond donors (Lipinski definition) is 3. The fourth-order valence-electron chi connectivity index (χ4n) is 3.18. The van der Waals surface area contributed by atoms with E-state index in [0.717, 1.165) is 33.5 Å². The van der Waals surface area contributed by atoms with E-state index in [0.29, 0.717) is 11.0 Å². The van der Waals surface area contributed by atoms with Crippen LogP contribution in [0.5, 0.6) is 0 Å². The molecule has 0 saturated carbocycles. The summed E-state index contributed by atoms with van der Waals surface area (Å²) in [5.41, 5.74) is 7.27. The van der Waals surface area contributed by atoms with Crippen LogP contribution >= 0.6 is 0 Å². The van der Waals surface area contributed by atoms with Gasteiger partial charge in [-0.3, -0.25) is 4.79 Å². The predicted molar refractivity (Wildman–Crippen MR) is 119 cm³/mol. The maximum Gasteiger partial charge on any atom is 0.275 e. The summed E-state index contributed by atoms with van der Waals surface area (Å²) >= 11 is 0. The van der Waals surface area contributed by atoms with Gasteiger partial charge in [0, 0.05) is 25.6 Å². The minimum atomic E-state index is -0.130. The van der Waals surface area contributed by atoms with Gasteiger partial charge in [0.2, 0.25) is 0 Å². The molecule has 0 spiro atoms. The molecule has 0 aromatic carbocycles. The Labute approximate surface area is 176 Å². The maximum absolute atomic E-state index is 10.9. The van der Waals surface area contributed by atoms with Crippen LogP contribution in [-0.2, 0) is 7.05 Å². The van der Waals surface area contributed by atoms with Gasteiger partial charge in [0.1, 0.15) is 18.2 Å². The van der Waals surface area contributed by atoms with Gasteiger partial charge in [-0.2, -0.15) is 0 Å². The maximum atomic E-state index is 10.9. The average molecular weight is 415 g/mol. The van der Waals surface area contributed by atoms with E-state index in [9.17, 15) is 4.79 Å². The van der Waals surface area contributed by atoms with Gasteiger partial charge in [0.05, 0.1) is 45.3 Å². The van der Waals surface area contributed by atoms with Crippen LogP contribution in [0.15, 0.2) is 60.6 Å². The Kier molecular flexibility index (Phi) is 5.52. The molecule has 0 aliphatic heterocycles. The lowest BCUT2D eigenvalue weighted by molar-refractivity contribution is 0.952. The summed E-state index contributed by atoms with van der Waals surface area (Å²) in [5.74, 6) is 0. The van der Waals surface area contributed by atoms with Crippen molar-refractivity contribution in [1.82, 2.24) is 44.4 Å². The highest BCUT2D eigenvalue weighted by atomic mass is 16.1. The molecule has 0 atom stereocenters. The van der Waals surface area contributed by atoms with E-state index in [1.165, 1.54) is 6.33 Å². The second kappa shape index (κ2) is 8.57. The van der Waals surface area contributed by atoms with Gasteiger partial charge in [0.15, 0.2) is 0 Å². The second-order valence-corrected chi connectivity index (χ2v) is 6.79. The molecule has 0 aliphatic carbocycles. The second-order valence-electron chi connectivity index (χ2n) is 6.79. The highest BCUT2D eigenvalue weighted by molar-refractivity contribution is 5.77. The van der Waals surface area contributed by atoms with Gasteiger partial charge in [-0.1, -0.05) is 0 Å². The molecule has 0 saturated heterocycles. The third kappa shape index (κ3) is 4.17. The quantitative estimate of drug-likeness (QED) is 0.349. The van der Waals surface area contributed by atoms with Crippen LogP contribution in [-0.4, -0.2) is 44.4 Å². The minimum absolute atomic E-state index is 0.130. The number of hydrogen-bond acceptors (Lipinski definition) is 6. The molecule has 10 heteroatoms. The first-order valence-electron chi connectivity index (χ1n) is 9.52. The first kappa shape index (κ1) is 20.0. The lowest BCUT2D eigenvalue weighted by atomic mass is 10.3. The molecule has 6 rings (SSSR count). The molecule has 0 aliphatic rings. The normalized spacial score (nSPS) is 10.5. The fraction of sp³-hybridized carbons (Fsp3) is 0.143. The van der Waals surface area contributed by atoms with Crippen molar-refractivity contribution < 1.29 is 0 Å². The summed E-state index contributed by atoms with van der Waals surface area (Å²) in [7, 11) is 2.00.